The molecule has 0 aliphatic rings. The summed E-state index contributed by atoms with van der Waals surface area (Å²) in [5, 5.41) is 8.52. The molecule has 0 amide bonds. The van der Waals surface area contributed by atoms with Gasteiger partial charge in [-0.3, -0.25) is 4.79 Å². The molecule has 0 atom stereocenters. The minimum absolute atomic E-state index is 0.314. The van der Waals surface area contributed by atoms with Crippen molar-refractivity contribution in [2.24, 2.45) is 5.41 Å². The Morgan fingerprint density at radius 3 is 2.00 bits per heavy atom. The fourth-order valence-electron chi connectivity index (χ4n) is 0.873. The Kier molecular flexibility index (Phi) is 4.71. The van der Waals surface area contributed by atoms with E-state index in [4.69, 9.17) is 28.3 Å². The van der Waals surface area contributed by atoms with Crippen LogP contribution in [0.2, 0.25) is 0 Å². The molecule has 1 N–H and O–H groups in total. The highest BCUT2D eigenvalue weighted by molar-refractivity contribution is 6.50. The monoisotopic (exact) mass is 278 g/mol. The predicted molar refractivity (Wildman–Crippen MR) is 55.7 cm³/mol. The maximum Gasteiger partial charge on any atom is 0.425 e. The van der Waals surface area contributed by atoms with E-state index in [9.17, 15) is 18.0 Å². The van der Waals surface area contributed by atoms with Gasteiger partial charge in [-0.25, -0.2) is 0 Å². The van der Waals surface area contributed by atoms with Crippen molar-refractivity contribution in [3.63, 3.8) is 0 Å². The third kappa shape index (κ3) is 5.07. The molecule has 0 unspecified atom stereocenters. The molecule has 0 radical (unpaired) electrons. The molecule has 7 heteroatoms. The van der Waals surface area contributed by atoms with Gasteiger partial charge in [0.2, 0.25) is 4.33 Å². The minimum atomic E-state index is -4.80. The maximum atomic E-state index is 12.2. The summed E-state index contributed by atoms with van der Waals surface area (Å²) in [6, 6.07) is 0. The third-order valence-electron chi connectivity index (χ3n) is 1.73. The highest BCUT2D eigenvalue weighted by atomic mass is 35.5. The van der Waals surface area contributed by atoms with Gasteiger partial charge < -0.3 is 5.11 Å². The Bertz CT molecular complexity index is 296. The molecule has 0 heterocycles. The number of hydrogen-bond acceptors (Lipinski definition) is 1. The first kappa shape index (κ1) is 15.6. The maximum absolute atomic E-state index is 12.2. The lowest BCUT2D eigenvalue weighted by Crippen LogP contribution is -2.32. The molecule has 0 saturated carbocycles. The van der Waals surface area contributed by atoms with Crippen LogP contribution in [0.25, 0.3) is 0 Å². The molecule has 0 fully saturated rings. The molecule has 94 valence electrons. The molecule has 0 spiro atoms. The Hall–Kier alpha value is -0.420. The van der Waals surface area contributed by atoms with Crippen molar-refractivity contribution in [1.29, 1.82) is 0 Å². The number of hydrogen-bond donors (Lipinski definition) is 1. The Balaban J connectivity index is 4.78. The van der Waals surface area contributed by atoms with Gasteiger partial charge in [0.05, 0.1) is 6.42 Å². The lowest BCUT2D eigenvalue weighted by Gasteiger charge is -2.22. The summed E-state index contributed by atoms with van der Waals surface area (Å²) in [5.41, 5.74) is -0.952. The number of alkyl halides is 5. The van der Waals surface area contributed by atoms with Crippen LogP contribution in [0, 0.1) is 5.41 Å². The topological polar surface area (TPSA) is 37.3 Å². The van der Waals surface area contributed by atoms with Crippen LogP contribution < -0.4 is 0 Å². The van der Waals surface area contributed by atoms with Crippen LogP contribution in [0.1, 0.15) is 20.3 Å². The summed E-state index contributed by atoms with van der Waals surface area (Å²) in [6.45, 7) is 2.94. The number of aliphatic carboxylic acids is 1. The molecular weight excluding hydrogens is 268 g/mol. The van der Waals surface area contributed by atoms with E-state index in [0.29, 0.717) is 6.08 Å². The molecule has 2 nitrogen and oxygen atoms in total. The molecule has 0 aliphatic heterocycles. The third-order valence-corrected chi connectivity index (χ3v) is 2.41. The van der Waals surface area contributed by atoms with Crippen LogP contribution in [-0.4, -0.2) is 21.6 Å². The molecule has 16 heavy (non-hydrogen) atoms. The van der Waals surface area contributed by atoms with E-state index in [1.54, 1.807) is 0 Å². The van der Waals surface area contributed by atoms with E-state index in [1.807, 2.05) is 0 Å². The molecule has 0 aromatic carbocycles. The highest BCUT2D eigenvalue weighted by Gasteiger charge is 2.50. The lowest BCUT2D eigenvalue weighted by atomic mass is 9.89. The molecule has 0 rings (SSSR count). The highest BCUT2D eigenvalue weighted by Crippen LogP contribution is 2.42. The fraction of sp³-hybridized carbons (Fsp3) is 0.667. The normalized spacial score (nSPS) is 14.4. The second-order valence-electron chi connectivity index (χ2n) is 4.01. The van der Waals surface area contributed by atoms with E-state index < -0.39 is 21.9 Å². The predicted octanol–water partition coefficient (Wildman–Crippen LogP) is 3.78. The van der Waals surface area contributed by atoms with Crippen LogP contribution in [0.3, 0.4) is 0 Å². The van der Waals surface area contributed by atoms with E-state index in [-0.39, 0.29) is 6.42 Å². The van der Waals surface area contributed by atoms with Gasteiger partial charge in [0, 0.05) is 0 Å². The van der Waals surface area contributed by atoms with Crippen molar-refractivity contribution >= 4 is 29.2 Å². The summed E-state index contributed by atoms with van der Waals surface area (Å²) < 4.78 is 33.7. The Labute approximate surface area is 101 Å². The van der Waals surface area contributed by atoms with Crippen LogP contribution in [0.15, 0.2) is 12.2 Å². The number of carboxylic acid groups (broad SMARTS) is 1. The smallest absolute Gasteiger partial charge is 0.425 e. The Morgan fingerprint density at radius 2 is 1.69 bits per heavy atom. The van der Waals surface area contributed by atoms with Crippen LogP contribution in [0.5, 0.6) is 0 Å². The van der Waals surface area contributed by atoms with E-state index in [1.165, 1.54) is 13.8 Å². The van der Waals surface area contributed by atoms with Gasteiger partial charge in [-0.15, -0.1) is 0 Å². The van der Waals surface area contributed by atoms with Crippen molar-refractivity contribution in [2.75, 3.05) is 0 Å². The minimum Gasteiger partial charge on any atom is -0.481 e. The lowest BCUT2D eigenvalue weighted by molar-refractivity contribution is -0.138. The quantitative estimate of drug-likeness (QED) is 0.628. The van der Waals surface area contributed by atoms with Crippen molar-refractivity contribution in [3.05, 3.63) is 12.2 Å². The van der Waals surface area contributed by atoms with Gasteiger partial charge in [-0.2, -0.15) is 13.2 Å². The number of halogens is 5. The zero-order valence-electron chi connectivity index (χ0n) is 8.61. The van der Waals surface area contributed by atoms with Gasteiger partial charge >= 0.3 is 12.1 Å². The van der Waals surface area contributed by atoms with Gasteiger partial charge in [0.25, 0.3) is 0 Å². The van der Waals surface area contributed by atoms with Gasteiger partial charge in [-0.05, 0) is 11.5 Å². The zero-order valence-corrected chi connectivity index (χ0v) is 10.1. The SMILES string of the molecule is CC(C)(/C=C/C(Cl)(Cl)C(F)(F)F)CC(=O)O. The van der Waals surface area contributed by atoms with E-state index in [2.05, 4.69) is 0 Å². The largest absolute Gasteiger partial charge is 0.481 e. The first-order chi connectivity index (χ1) is 6.87. The van der Waals surface area contributed by atoms with Gasteiger partial charge in [-0.1, -0.05) is 43.1 Å². The van der Waals surface area contributed by atoms with Gasteiger partial charge in [0.1, 0.15) is 0 Å². The van der Waals surface area contributed by atoms with Crippen LogP contribution >= 0.6 is 23.2 Å². The average molecular weight is 279 g/mol. The molecule has 0 aromatic rings. The zero-order chi connectivity index (χ0) is 13.2. The molecular formula is C9H11Cl2F3O2. The summed E-state index contributed by atoms with van der Waals surface area (Å²) >= 11 is 10.1. The number of carbonyl (C=O) groups is 1. The van der Waals surface area contributed by atoms with Crippen molar-refractivity contribution in [3.8, 4) is 0 Å². The van der Waals surface area contributed by atoms with Crippen molar-refractivity contribution < 1.29 is 23.1 Å². The first-order valence-corrected chi connectivity index (χ1v) is 5.00. The molecule has 0 bridgehead atoms. The number of rotatable bonds is 4. The standard InChI is InChI=1S/C9H11Cl2F3O2/c1-7(2,5-6(15)16)3-4-8(10,11)9(12,13)14/h3-4H,5H2,1-2H3,(H,15,16)/b4-3+. The first-order valence-electron chi connectivity index (χ1n) is 4.24. The number of carboxylic acids is 1. The second-order valence-corrected chi connectivity index (χ2v) is 5.40. The summed E-state index contributed by atoms with van der Waals surface area (Å²) in [5.74, 6) is -1.11. The molecule has 0 aromatic heterocycles. The van der Waals surface area contributed by atoms with E-state index in [0.717, 1.165) is 6.08 Å². The summed E-state index contributed by atoms with van der Waals surface area (Å²) in [6.07, 6.45) is -3.51. The summed E-state index contributed by atoms with van der Waals surface area (Å²) in [7, 11) is 0. The Morgan fingerprint density at radius 1 is 1.25 bits per heavy atom. The molecule has 0 aliphatic carbocycles. The van der Waals surface area contributed by atoms with Gasteiger partial charge in [0.15, 0.2) is 0 Å². The number of allylic oxidation sites excluding steroid dienone is 2. The second kappa shape index (κ2) is 4.84. The van der Waals surface area contributed by atoms with Crippen LogP contribution in [-0.2, 0) is 4.79 Å². The van der Waals surface area contributed by atoms with Crippen molar-refractivity contribution in [1.82, 2.24) is 0 Å². The molecule has 0 saturated heterocycles. The van der Waals surface area contributed by atoms with Crippen LogP contribution in [0.4, 0.5) is 13.2 Å². The van der Waals surface area contributed by atoms with Crippen molar-refractivity contribution in [2.45, 2.75) is 30.8 Å². The van der Waals surface area contributed by atoms with E-state index >= 15 is 0 Å². The fourth-order valence-corrected chi connectivity index (χ4v) is 0.999. The summed E-state index contributed by atoms with van der Waals surface area (Å²) in [4.78, 5) is 10.4. The average Bonchev–Trinajstić information content (AvgIpc) is 1.96.